The van der Waals surface area contributed by atoms with Crippen molar-refractivity contribution >= 4 is 5.91 Å². The topological polar surface area (TPSA) is 41.1 Å². The highest BCUT2D eigenvalue weighted by atomic mass is 16.1. The molecule has 0 aliphatic heterocycles. The molecule has 0 heterocycles. The van der Waals surface area contributed by atoms with E-state index in [-0.39, 0.29) is 5.91 Å². The maximum atomic E-state index is 11.4. The Balaban J connectivity index is 1.87. The quantitative estimate of drug-likeness (QED) is 0.622. The van der Waals surface area contributed by atoms with Crippen LogP contribution in [-0.2, 0) is 4.79 Å². The van der Waals surface area contributed by atoms with Gasteiger partial charge in [-0.05, 0) is 38.8 Å². The molecule has 3 nitrogen and oxygen atoms in total. The van der Waals surface area contributed by atoms with Crippen LogP contribution in [-0.4, -0.2) is 26.0 Å². The van der Waals surface area contributed by atoms with E-state index < -0.39 is 0 Å². The highest BCUT2D eigenvalue weighted by Gasteiger charge is 2.13. The standard InChI is InChI=1S/C13H26N2O/c1-14-10-5-9-13(16)15-11-4-8-12-6-2-3-7-12/h12,14H,2-11H2,1H3,(H,15,16). The molecular weight excluding hydrogens is 200 g/mol. The van der Waals surface area contributed by atoms with Crippen LogP contribution in [0.2, 0.25) is 0 Å². The summed E-state index contributed by atoms with van der Waals surface area (Å²) in [6.45, 7) is 1.80. The third kappa shape index (κ3) is 6.11. The molecule has 1 rings (SSSR count). The lowest BCUT2D eigenvalue weighted by molar-refractivity contribution is -0.121. The summed E-state index contributed by atoms with van der Waals surface area (Å²) in [6.07, 6.45) is 9.71. The van der Waals surface area contributed by atoms with E-state index in [2.05, 4.69) is 10.6 Å². The highest BCUT2D eigenvalue weighted by molar-refractivity contribution is 5.75. The number of hydrogen-bond donors (Lipinski definition) is 2. The van der Waals surface area contributed by atoms with Crippen molar-refractivity contribution in [1.82, 2.24) is 10.6 Å². The molecule has 0 aromatic carbocycles. The van der Waals surface area contributed by atoms with Gasteiger partial charge in [0, 0.05) is 13.0 Å². The van der Waals surface area contributed by atoms with Crippen molar-refractivity contribution in [3.63, 3.8) is 0 Å². The van der Waals surface area contributed by atoms with Crippen LogP contribution in [0.1, 0.15) is 51.4 Å². The Bertz CT molecular complexity index is 188. The molecule has 1 fully saturated rings. The molecule has 1 saturated carbocycles. The van der Waals surface area contributed by atoms with Gasteiger partial charge >= 0.3 is 0 Å². The lowest BCUT2D eigenvalue weighted by Crippen LogP contribution is -2.25. The molecule has 0 atom stereocenters. The van der Waals surface area contributed by atoms with Gasteiger partial charge in [0.25, 0.3) is 0 Å². The molecule has 1 aliphatic rings. The molecule has 0 unspecified atom stereocenters. The molecular formula is C13H26N2O. The van der Waals surface area contributed by atoms with Crippen LogP contribution in [0.4, 0.5) is 0 Å². The Morgan fingerprint density at radius 3 is 2.62 bits per heavy atom. The molecule has 0 radical (unpaired) electrons. The fourth-order valence-corrected chi connectivity index (χ4v) is 2.43. The lowest BCUT2D eigenvalue weighted by atomic mass is 10.0. The van der Waals surface area contributed by atoms with Crippen molar-refractivity contribution in [1.29, 1.82) is 0 Å². The van der Waals surface area contributed by atoms with Gasteiger partial charge in [0.2, 0.25) is 5.91 Å². The molecule has 1 amide bonds. The summed E-state index contributed by atoms with van der Waals surface area (Å²) in [4.78, 5) is 11.4. The molecule has 0 saturated heterocycles. The first-order valence-corrected chi connectivity index (χ1v) is 6.74. The third-order valence-electron chi connectivity index (χ3n) is 3.42. The second-order valence-corrected chi connectivity index (χ2v) is 4.85. The van der Waals surface area contributed by atoms with E-state index >= 15 is 0 Å². The first kappa shape index (κ1) is 13.5. The van der Waals surface area contributed by atoms with Crippen molar-refractivity contribution in [2.75, 3.05) is 20.1 Å². The van der Waals surface area contributed by atoms with E-state index in [0.717, 1.165) is 31.8 Å². The van der Waals surface area contributed by atoms with Crippen molar-refractivity contribution < 1.29 is 4.79 Å². The Morgan fingerprint density at radius 2 is 1.94 bits per heavy atom. The molecule has 0 aromatic rings. The predicted octanol–water partition coefficient (Wildman–Crippen LogP) is 2.07. The summed E-state index contributed by atoms with van der Waals surface area (Å²) in [5, 5.41) is 6.05. The van der Waals surface area contributed by atoms with Crippen molar-refractivity contribution in [3.05, 3.63) is 0 Å². The van der Waals surface area contributed by atoms with Gasteiger partial charge in [-0.15, -0.1) is 0 Å². The van der Waals surface area contributed by atoms with E-state index in [4.69, 9.17) is 0 Å². The van der Waals surface area contributed by atoms with Gasteiger partial charge in [0.15, 0.2) is 0 Å². The zero-order valence-corrected chi connectivity index (χ0v) is 10.6. The molecule has 0 aromatic heterocycles. The molecule has 94 valence electrons. The normalized spacial score (nSPS) is 16.6. The van der Waals surface area contributed by atoms with E-state index in [1.807, 2.05) is 7.05 Å². The maximum absolute atomic E-state index is 11.4. The van der Waals surface area contributed by atoms with Gasteiger partial charge in [-0.2, -0.15) is 0 Å². The summed E-state index contributed by atoms with van der Waals surface area (Å²) >= 11 is 0. The minimum atomic E-state index is 0.210. The second kappa shape index (κ2) is 8.57. The van der Waals surface area contributed by atoms with E-state index in [0.29, 0.717) is 6.42 Å². The van der Waals surface area contributed by atoms with Gasteiger partial charge < -0.3 is 10.6 Å². The third-order valence-corrected chi connectivity index (χ3v) is 3.42. The molecule has 0 bridgehead atoms. The molecule has 16 heavy (non-hydrogen) atoms. The fraction of sp³-hybridized carbons (Fsp3) is 0.923. The average molecular weight is 226 g/mol. The minimum absolute atomic E-state index is 0.210. The maximum Gasteiger partial charge on any atom is 0.220 e. The van der Waals surface area contributed by atoms with Gasteiger partial charge in [-0.3, -0.25) is 4.79 Å². The zero-order valence-electron chi connectivity index (χ0n) is 10.6. The van der Waals surface area contributed by atoms with Crippen LogP contribution in [0.5, 0.6) is 0 Å². The van der Waals surface area contributed by atoms with Crippen LogP contribution in [0.15, 0.2) is 0 Å². The summed E-state index contributed by atoms with van der Waals surface area (Å²) in [5.74, 6) is 1.16. The smallest absolute Gasteiger partial charge is 0.220 e. The first-order valence-electron chi connectivity index (χ1n) is 6.74. The summed E-state index contributed by atoms with van der Waals surface area (Å²) in [5.41, 5.74) is 0. The predicted molar refractivity (Wildman–Crippen MR) is 67.4 cm³/mol. The monoisotopic (exact) mass is 226 g/mol. The van der Waals surface area contributed by atoms with Crippen molar-refractivity contribution in [3.8, 4) is 0 Å². The van der Waals surface area contributed by atoms with Crippen LogP contribution in [0.25, 0.3) is 0 Å². The highest BCUT2D eigenvalue weighted by Crippen LogP contribution is 2.28. The van der Waals surface area contributed by atoms with Gasteiger partial charge in [0.1, 0.15) is 0 Å². The van der Waals surface area contributed by atoms with Crippen molar-refractivity contribution in [2.24, 2.45) is 5.92 Å². The number of hydrogen-bond acceptors (Lipinski definition) is 2. The van der Waals surface area contributed by atoms with Crippen molar-refractivity contribution in [2.45, 2.75) is 51.4 Å². The summed E-state index contributed by atoms with van der Waals surface area (Å²) < 4.78 is 0. The number of rotatable bonds is 8. The number of carbonyl (C=O) groups excluding carboxylic acids is 1. The largest absolute Gasteiger partial charge is 0.356 e. The Labute approximate surface area is 99.4 Å². The molecule has 2 N–H and O–H groups in total. The Hall–Kier alpha value is -0.570. The lowest BCUT2D eigenvalue weighted by Gasteiger charge is -2.09. The van der Waals surface area contributed by atoms with Gasteiger partial charge in [0.05, 0.1) is 0 Å². The van der Waals surface area contributed by atoms with Crippen LogP contribution < -0.4 is 10.6 Å². The van der Waals surface area contributed by atoms with Crippen LogP contribution in [0.3, 0.4) is 0 Å². The number of amides is 1. The Morgan fingerprint density at radius 1 is 1.19 bits per heavy atom. The second-order valence-electron chi connectivity index (χ2n) is 4.85. The first-order chi connectivity index (χ1) is 7.83. The molecule has 3 heteroatoms. The van der Waals surface area contributed by atoms with E-state index in [1.165, 1.54) is 32.1 Å². The van der Waals surface area contributed by atoms with Gasteiger partial charge in [-0.25, -0.2) is 0 Å². The summed E-state index contributed by atoms with van der Waals surface area (Å²) in [7, 11) is 1.92. The van der Waals surface area contributed by atoms with Crippen LogP contribution >= 0.6 is 0 Å². The Kier molecular flexibility index (Phi) is 7.23. The van der Waals surface area contributed by atoms with Crippen LogP contribution in [0, 0.1) is 5.92 Å². The molecule has 0 spiro atoms. The number of carbonyl (C=O) groups is 1. The average Bonchev–Trinajstić information content (AvgIpc) is 2.78. The number of nitrogens with one attached hydrogen (secondary N) is 2. The fourth-order valence-electron chi connectivity index (χ4n) is 2.43. The SMILES string of the molecule is CNCCCC(=O)NCCCC1CCCC1. The van der Waals surface area contributed by atoms with Gasteiger partial charge in [-0.1, -0.05) is 25.7 Å². The van der Waals surface area contributed by atoms with E-state index in [1.54, 1.807) is 0 Å². The molecule has 1 aliphatic carbocycles. The van der Waals surface area contributed by atoms with E-state index in [9.17, 15) is 4.79 Å². The summed E-state index contributed by atoms with van der Waals surface area (Å²) in [6, 6.07) is 0. The zero-order chi connectivity index (χ0) is 11.6. The minimum Gasteiger partial charge on any atom is -0.356 e.